The van der Waals surface area contributed by atoms with Crippen molar-refractivity contribution in [1.29, 1.82) is 0 Å². The van der Waals surface area contributed by atoms with Crippen molar-refractivity contribution in [2.75, 3.05) is 12.4 Å². The molecule has 1 amide bonds. The number of carbonyl (C=O) groups excluding carboxylic acids is 1. The fourth-order valence-electron chi connectivity index (χ4n) is 3.20. The summed E-state index contributed by atoms with van der Waals surface area (Å²) < 4.78 is 11.2. The van der Waals surface area contributed by atoms with Crippen molar-refractivity contribution in [3.63, 3.8) is 0 Å². The molecule has 140 valence electrons. The van der Waals surface area contributed by atoms with Gasteiger partial charge in [-0.1, -0.05) is 18.2 Å². The number of nitrogens with one attached hydrogen (secondary N) is 1. The molecule has 0 aliphatic rings. The third-order valence-corrected chi connectivity index (χ3v) is 4.52. The minimum Gasteiger partial charge on any atom is -0.497 e. The molecular formula is C23H20N2O3. The SMILES string of the molecule is COc1cccc(C(=O)Nc2cccc(-c3nc4cc(C)cc(C)c4o3)c2)c1. The van der Waals surface area contributed by atoms with Gasteiger partial charge < -0.3 is 14.5 Å². The van der Waals surface area contributed by atoms with Crippen molar-refractivity contribution in [1.82, 2.24) is 4.98 Å². The molecule has 0 saturated heterocycles. The number of methoxy groups -OCH3 is 1. The Morgan fingerprint density at radius 3 is 2.68 bits per heavy atom. The van der Waals surface area contributed by atoms with Gasteiger partial charge in [-0.25, -0.2) is 4.98 Å². The number of oxazole rings is 1. The molecule has 0 saturated carbocycles. The lowest BCUT2D eigenvalue weighted by Gasteiger charge is -2.07. The number of amides is 1. The zero-order chi connectivity index (χ0) is 19.7. The summed E-state index contributed by atoms with van der Waals surface area (Å²) in [6.45, 7) is 4.05. The molecule has 0 fully saturated rings. The van der Waals surface area contributed by atoms with Gasteiger partial charge >= 0.3 is 0 Å². The van der Waals surface area contributed by atoms with Crippen LogP contribution in [-0.4, -0.2) is 18.0 Å². The van der Waals surface area contributed by atoms with E-state index in [2.05, 4.69) is 16.4 Å². The molecule has 1 heterocycles. The standard InChI is InChI=1S/C23H20N2O3/c1-14-10-15(2)21-20(11-14)25-23(28-21)17-7-4-8-18(12-17)24-22(26)16-6-5-9-19(13-16)27-3/h4-13H,1-3H3,(H,24,26). The summed E-state index contributed by atoms with van der Waals surface area (Å²) in [7, 11) is 1.57. The van der Waals surface area contributed by atoms with Crippen LogP contribution < -0.4 is 10.1 Å². The van der Waals surface area contributed by atoms with Crippen LogP contribution in [0.4, 0.5) is 5.69 Å². The maximum atomic E-state index is 12.5. The molecular weight excluding hydrogens is 352 g/mol. The number of ether oxygens (including phenoxy) is 1. The first-order valence-electron chi connectivity index (χ1n) is 8.97. The van der Waals surface area contributed by atoms with E-state index in [1.807, 2.05) is 44.2 Å². The Morgan fingerprint density at radius 1 is 1.04 bits per heavy atom. The molecule has 0 unspecified atom stereocenters. The summed E-state index contributed by atoms with van der Waals surface area (Å²) in [6.07, 6.45) is 0. The van der Waals surface area contributed by atoms with Crippen molar-refractivity contribution in [2.24, 2.45) is 0 Å². The smallest absolute Gasteiger partial charge is 0.255 e. The predicted molar refractivity (Wildman–Crippen MR) is 110 cm³/mol. The van der Waals surface area contributed by atoms with Crippen molar-refractivity contribution in [3.8, 4) is 17.2 Å². The van der Waals surface area contributed by atoms with Crippen LogP contribution in [0, 0.1) is 13.8 Å². The minimum absolute atomic E-state index is 0.208. The highest BCUT2D eigenvalue weighted by atomic mass is 16.5. The number of hydrogen-bond acceptors (Lipinski definition) is 4. The van der Waals surface area contributed by atoms with E-state index in [-0.39, 0.29) is 5.91 Å². The molecule has 3 aromatic carbocycles. The monoisotopic (exact) mass is 372 g/mol. The van der Waals surface area contributed by atoms with Crippen LogP contribution in [-0.2, 0) is 0 Å². The van der Waals surface area contributed by atoms with Gasteiger partial charge in [0, 0.05) is 16.8 Å². The van der Waals surface area contributed by atoms with Crippen LogP contribution in [0.15, 0.2) is 65.1 Å². The summed E-state index contributed by atoms with van der Waals surface area (Å²) in [5.41, 5.74) is 5.81. The third kappa shape index (κ3) is 3.47. The molecule has 4 rings (SSSR count). The van der Waals surface area contributed by atoms with Crippen LogP contribution in [0.5, 0.6) is 5.75 Å². The predicted octanol–water partition coefficient (Wildman–Crippen LogP) is 5.37. The van der Waals surface area contributed by atoms with Gasteiger partial charge in [0.2, 0.25) is 5.89 Å². The highest BCUT2D eigenvalue weighted by molar-refractivity contribution is 6.04. The highest BCUT2D eigenvalue weighted by Crippen LogP contribution is 2.29. The second kappa shape index (κ2) is 7.19. The van der Waals surface area contributed by atoms with Gasteiger partial charge in [-0.3, -0.25) is 4.79 Å². The molecule has 0 aliphatic carbocycles. The molecule has 0 aliphatic heterocycles. The van der Waals surface area contributed by atoms with Crippen molar-refractivity contribution < 1.29 is 13.9 Å². The Kier molecular flexibility index (Phi) is 4.57. The number of aryl methyl sites for hydroxylation is 2. The van der Waals surface area contributed by atoms with Gasteiger partial charge in [0.05, 0.1) is 7.11 Å². The van der Waals surface area contributed by atoms with Crippen molar-refractivity contribution in [3.05, 3.63) is 77.4 Å². The summed E-state index contributed by atoms with van der Waals surface area (Å²) in [4.78, 5) is 17.2. The first-order chi connectivity index (χ1) is 13.5. The van der Waals surface area contributed by atoms with E-state index in [0.29, 0.717) is 22.9 Å². The Bertz CT molecular complexity index is 1180. The molecule has 1 N–H and O–H groups in total. The van der Waals surface area contributed by atoms with Gasteiger partial charge in [0.15, 0.2) is 5.58 Å². The summed E-state index contributed by atoms with van der Waals surface area (Å²) in [5, 5.41) is 2.91. The van der Waals surface area contributed by atoms with Gasteiger partial charge in [0.25, 0.3) is 5.91 Å². The largest absolute Gasteiger partial charge is 0.497 e. The third-order valence-electron chi connectivity index (χ3n) is 4.52. The molecule has 0 atom stereocenters. The highest BCUT2D eigenvalue weighted by Gasteiger charge is 2.12. The maximum absolute atomic E-state index is 12.5. The van der Waals surface area contributed by atoms with E-state index in [1.54, 1.807) is 31.4 Å². The second-order valence-electron chi connectivity index (χ2n) is 6.72. The number of aromatic nitrogens is 1. The van der Waals surface area contributed by atoms with Gasteiger partial charge in [-0.15, -0.1) is 0 Å². The van der Waals surface area contributed by atoms with Crippen molar-refractivity contribution >= 4 is 22.7 Å². The Morgan fingerprint density at radius 2 is 1.86 bits per heavy atom. The fourth-order valence-corrected chi connectivity index (χ4v) is 3.20. The molecule has 0 bridgehead atoms. The second-order valence-corrected chi connectivity index (χ2v) is 6.72. The number of anilines is 1. The first kappa shape index (κ1) is 17.8. The number of benzene rings is 3. The number of carbonyl (C=O) groups is 1. The zero-order valence-electron chi connectivity index (χ0n) is 15.9. The van der Waals surface area contributed by atoms with Crippen LogP contribution >= 0.6 is 0 Å². The van der Waals surface area contributed by atoms with Gasteiger partial charge in [0.1, 0.15) is 11.3 Å². The molecule has 0 radical (unpaired) electrons. The zero-order valence-corrected chi connectivity index (χ0v) is 15.9. The molecule has 5 heteroatoms. The number of hydrogen-bond donors (Lipinski definition) is 1. The topological polar surface area (TPSA) is 64.4 Å². The van der Waals surface area contributed by atoms with E-state index < -0.39 is 0 Å². The summed E-state index contributed by atoms with van der Waals surface area (Å²) >= 11 is 0. The van der Waals surface area contributed by atoms with E-state index in [4.69, 9.17) is 9.15 Å². The van der Waals surface area contributed by atoms with Crippen LogP contribution in [0.3, 0.4) is 0 Å². The Labute approximate surface area is 163 Å². The summed E-state index contributed by atoms with van der Waals surface area (Å²) in [6, 6.07) is 18.6. The quantitative estimate of drug-likeness (QED) is 0.523. The molecule has 28 heavy (non-hydrogen) atoms. The van der Waals surface area contributed by atoms with Crippen LogP contribution in [0.2, 0.25) is 0 Å². The molecule has 5 nitrogen and oxygen atoms in total. The normalized spacial score (nSPS) is 10.8. The van der Waals surface area contributed by atoms with E-state index in [1.165, 1.54) is 0 Å². The molecule has 1 aromatic heterocycles. The van der Waals surface area contributed by atoms with Crippen molar-refractivity contribution in [2.45, 2.75) is 13.8 Å². The van der Waals surface area contributed by atoms with E-state index in [0.717, 1.165) is 27.8 Å². The average Bonchev–Trinajstić information content (AvgIpc) is 3.13. The average molecular weight is 372 g/mol. The molecule has 0 spiro atoms. The number of fused-ring (bicyclic) bond motifs is 1. The van der Waals surface area contributed by atoms with E-state index in [9.17, 15) is 4.79 Å². The first-order valence-corrected chi connectivity index (χ1v) is 8.97. The minimum atomic E-state index is -0.208. The lowest BCUT2D eigenvalue weighted by molar-refractivity contribution is 0.102. The van der Waals surface area contributed by atoms with Gasteiger partial charge in [-0.2, -0.15) is 0 Å². The number of rotatable bonds is 4. The lowest BCUT2D eigenvalue weighted by atomic mass is 10.1. The molecule has 4 aromatic rings. The van der Waals surface area contributed by atoms with E-state index >= 15 is 0 Å². The fraction of sp³-hybridized carbons (Fsp3) is 0.130. The lowest BCUT2D eigenvalue weighted by Crippen LogP contribution is -2.11. The van der Waals surface area contributed by atoms with Crippen LogP contribution in [0.1, 0.15) is 21.5 Å². The Hall–Kier alpha value is -3.60. The van der Waals surface area contributed by atoms with Gasteiger partial charge in [-0.05, 0) is 67.4 Å². The Balaban J connectivity index is 1.63. The van der Waals surface area contributed by atoms with Crippen LogP contribution in [0.25, 0.3) is 22.6 Å². The number of nitrogens with zero attached hydrogens (tertiary/aromatic N) is 1. The maximum Gasteiger partial charge on any atom is 0.255 e. The summed E-state index contributed by atoms with van der Waals surface area (Å²) in [5.74, 6) is 0.958.